The zero-order chi connectivity index (χ0) is 26.9. The molecule has 0 aliphatic carbocycles. The van der Waals surface area contributed by atoms with Gasteiger partial charge in [0.2, 0.25) is 0 Å². The number of para-hydroxylation sites is 1. The van der Waals surface area contributed by atoms with Crippen molar-refractivity contribution in [1.29, 1.82) is 0 Å². The number of hydrogen-bond donors (Lipinski definition) is 1. The Morgan fingerprint density at radius 2 is 1.68 bits per heavy atom. The van der Waals surface area contributed by atoms with Gasteiger partial charge in [-0.3, -0.25) is 4.90 Å². The fourth-order valence-corrected chi connectivity index (χ4v) is 4.89. The van der Waals surface area contributed by atoms with Gasteiger partial charge in [0, 0.05) is 29.7 Å². The van der Waals surface area contributed by atoms with Crippen LogP contribution in [0.4, 0.5) is 24.7 Å². The molecule has 198 valence electrons. The number of alkyl halides is 3. The van der Waals surface area contributed by atoms with E-state index in [4.69, 9.17) is 19.4 Å². The highest BCUT2D eigenvalue weighted by atomic mass is 19.4. The summed E-state index contributed by atoms with van der Waals surface area (Å²) in [6, 6.07) is 18.6. The molecule has 0 spiro atoms. The quantitative estimate of drug-likeness (QED) is 0.305. The molecule has 1 N–H and O–H groups in total. The van der Waals surface area contributed by atoms with E-state index < -0.39 is 11.7 Å². The topological polar surface area (TPSA) is 59.5 Å². The fourth-order valence-electron chi connectivity index (χ4n) is 4.89. The van der Waals surface area contributed by atoms with Gasteiger partial charge in [-0.15, -0.1) is 0 Å². The largest absolute Gasteiger partial charge is 0.496 e. The van der Waals surface area contributed by atoms with Gasteiger partial charge in [0.15, 0.2) is 0 Å². The molecule has 2 atom stereocenters. The Morgan fingerprint density at radius 3 is 2.37 bits per heavy atom. The zero-order valence-electron chi connectivity index (χ0n) is 21.4. The molecular weight excluding hydrogens is 493 g/mol. The third-order valence-electron chi connectivity index (χ3n) is 6.50. The molecule has 5 rings (SSSR count). The average molecular weight is 523 g/mol. The second-order valence-electron chi connectivity index (χ2n) is 9.57. The second kappa shape index (κ2) is 10.6. The molecule has 0 radical (unpaired) electrons. The van der Waals surface area contributed by atoms with E-state index in [0.717, 1.165) is 53.0 Å². The first-order valence-corrected chi connectivity index (χ1v) is 12.5. The molecule has 1 fully saturated rings. The normalized spacial score (nSPS) is 18.5. The predicted molar refractivity (Wildman–Crippen MR) is 142 cm³/mol. The average Bonchev–Trinajstić information content (AvgIpc) is 2.87. The smallest absolute Gasteiger partial charge is 0.416 e. The van der Waals surface area contributed by atoms with Crippen LogP contribution in [0.25, 0.3) is 22.0 Å². The van der Waals surface area contributed by atoms with Crippen LogP contribution in [0.3, 0.4) is 0 Å². The standard InChI is InChI=1S/C29H29F3N4O2/c1-18-15-36(16-19(2)38-18)17-27-34-25-14-20(23-6-4-5-7-26(23)37-3)8-13-24(25)28(35-27)33-22-11-9-21(10-12-22)29(30,31)32/h4-14,18-19H,15-17H2,1-3H3,(H,33,34,35)/t18-,19+. The summed E-state index contributed by atoms with van der Waals surface area (Å²) in [4.78, 5) is 11.9. The lowest BCUT2D eigenvalue weighted by atomic mass is 10.0. The van der Waals surface area contributed by atoms with E-state index in [1.165, 1.54) is 12.1 Å². The van der Waals surface area contributed by atoms with Crippen LogP contribution < -0.4 is 10.1 Å². The Labute approximate surface area is 219 Å². The minimum absolute atomic E-state index is 0.0982. The molecule has 38 heavy (non-hydrogen) atoms. The maximum absolute atomic E-state index is 13.1. The predicted octanol–water partition coefficient (Wildman–Crippen LogP) is 6.68. The first-order valence-electron chi connectivity index (χ1n) is 12.5. The van der Waals surface area contributed by atoms with Gasteiger partial charge in [0.25, 0.3) is 0 Å². The lowest BCUT2D eigenvalue weighted by Crippen LogP contribution is -2.45. The molecule has 1 aromatic heterocycles. The molecule has 3 aromatic carbocycles. The van der Waals surface area contributed by atoms with Gasteiger partial charge in [-0.25, -0.2) is 9.97 Å². The molecule has 1 aliphatic rings. The summed E-state index contributed by atoms with van der Waals surface area (Å²) in [5.74, 6) is 1.90. The molecular formula is C29H29F3N4O2. The zero-order valence-corrected chi connectivity index (χ0v) is 21.4. The number of aromatic nitrogens is 2. The minimum Gasteiger partial charge on any atom is -0.496 e. The molecule has 6 nitrogen and oxygen atoms in total. The summed E-state index contributed by atoms with van der Waals surface area (Å²) in [6.07, 6.45) is -4.20. The van der Waals surface area contributed by atoms with Gasteiger partial charge < -0.3 is 14.8 Å². The number of nitrogens with one attached hydrogen (secondary N) is 1. The van der Waals surface area contributed by atoms with E-state index in [-0.39, 0.29) is 12.2 Å². The van der Waals surface area contributed by atoms with Crippen molar-refractivity contribution in [3.8, 4) is 16.9 Å². The summed E-state index contributed by atoms with van der Waals surface area (Å²) >= 11 is 0. The van der Waals surface area contributed by atoms with E-state index >= 15 is 0 Å². The van der Waals surface area contributed by atoms with Gasteiger partial charge in [0.1, 0.15) is 17.4 Å². The van der Waals surface area contributed by atoms with Crippen LogP contribution in [0.1, 0.15) is 25.2 Å². The molecule has 0 saturated carbocycles. The van der Waals surface area contributed by atoms with Crippen LogP contribution in [-0.2, 0) is 17.5 Å². The highest BCUT2D eigenvalue weighted by molar-refractivity contribution is 5.94. The Kier molecular flexibility index (Phi) is 7.23. The van der Waals surface area contributed by atoms with Crippen molar-refractivity contribution in [2.75, 3.05) is 25.5 Å². The van der Waals surface area contributed by atoms with Crippen molar-refractivity contribution in [2.45, 2.75) is 38.8 Å². The Balaban J connectivity index is 1.55. The van der Waals surface area contributed by atoms with Crippen LogP contribution in [0.5, 0.6) is 5.75 Å². The van der Waals surface area contributed by atoms with Crippen LogP contribution in [0.15, 0.2) is 66.7 Å². The Hall–Kier alpha value is -3.69. The minimum atomic E-state index is -4.39. The first-order chi connectivity index (χ1) is 18.2. The molecule has 9 heteroatoms. The number of benzene rings is 3. The Bertz CT molecular complexity index is 1420. The van der Waals surface area contributed by atoms with E-state index in [1.54, 1.807) is 7.11 Å². The SMILES string of the molecule is COc1ccccc1-c1ccc2c(Nc3ccc(C(F)(F)F)cc3)nc(CN3C[C@@H](C)O[C@@H](C)C3)nc2c1. The van der Waals surface area contributed by atoms with Crippen molar-refractivity contribution in [2.24, 2.45) is 0 Å². The number of ether oxygens (including phenoxy) is 2. The van der Waals surface area contributed by atoms with Crippen molar-refractivity contribution >= 4 is 22.4 Å². The molecule has 0 bridgehead atoms. The van der Waals surface area contributed by atoms with Crippen LogP contribution in [0.2, 0.25) is 0 Å². The van der Waals surface area contributed by atoms with Gasteiger partial charge >= 0.3 is 6.18 Å². The fraction of sp³-hybridized carbons (Fsp3) is 0.310. The molecule has 0 unspecified atom stereocenters. The van der Waals surface area contributed by atoms with Gasteiger partial charge in [-0.05, 0) is 61.9 Å². The summed E-state index contributed by atoms with van der Waals surface area (Å²) in [5, 5.41) is 3.98. The number of anilines is 2. The van der Waals surface area contributed by atoms with E-state index in [2.05, 4.69) is 10.2 Å². The summed E-state index contributed by atoms with van der Waals surface area (Å²) in [5.41, 5.74) is 2.40. The molecule has 1 saturated heterocycles. The highest BCUT2D eigenvalue weighted by Crippen LogP contribution is 2.34. The number of nitrogens with zero attached hydrogens (tertiary/aromatic N) is 3. The summed E-state index contributed by atoms with van der Waals surface area (Å²) in [6.45, 7) is 6.12. The molecule has 2 heterocycles. The molecule has 1 aliphatic heterocycles. The molecule has 0 amide bonds. The van der Waals surface area contributed by atoms with Crippen molar-refractivity contribution in [3.05, 3.63) is 78.1 Å². The lowest BCUT2D eigenvalue weighted by Gasteiger charge is -2.34. The molecule has 4 aromatic rings. The van der Waals surface area contributed by atoms with E-state index in [1.807, 2.05) is 56.3 Å². The van der Waals surface area contributed by atoms with Crippen LogP contribution in [0, 0.1) is 0 Å². The number of rotatable bonds is 6. The van der Waals surface area contributed by atoms with Gasteiger partial charge in [-0.1, -0.05) is 24.3 Å². The second-order valence-corrected chi connectivity index (χ2v) is 9.57. The van der Waals surface area contributed by atoms with Crippen LogP contribution >= 0.6 is 0 Å². The number of halogens is 3. The van der Waals surface area contributed by atoms with Crippen molar-refractivity contribution in [3.63, 3.8) is 0 Å². The summed E-state index contributed by atoms with van der Waals surface area (Å²) in [7, 11) is 1.64. The van der Waals surface area contributed by atoms with E-state index in [0.29, 0.717) is 23.9 Å². The third kappa shape index (κ3) is 5.74. The van der Waals surface area contributed by atoms with E-state index in [9.17, 15) is 13.2 Å². The third-order valence-corrected chi connectivity index (χ3v) is 6.50. The first kappa shape index (κ1) is 25.9. The lowest BCUT2D eigenvalue weighted by molar-refractivity contribution is -0.137. The maximum atomic E-state index is 13.1. The number of fused-ring (bicyclic) bond motifs is 1. The van der Waals surface area contributed by atoms with Gasteiger partial charge in [0.05, 0.1) is 36.9 Å². The highest BCUT2D eigenvalue weighted by Gasteiger charge is 2.30. The van der Waals surface area contributed by atoms with Crippen LogP contribution in [-0.4, -0.2) is 47.3 Å². The maximum Gasteiger partial charge on any atom is 0.416 e. The van der Waals surface area contributed by atoms with Crippen molar-refractivity contribution < 1.29 is 22.6 Å². The number of methoxy groups -OCH3 is 1. The Morgan fingerprint density at radius 1 is 0.974 bits per heavy atom. The monoisotopic (exact) mass is 522 g/mol. The van der Waals surface area contributed by atoms with Crippen molar-refractivity contribution in [1.82, 2.24) is 14.9 Å². The number of hydrogen-bond acceptors (Lipinski definition) is 6. The van der Waals surface area contributed by atoms with Gasteiger partial charge in [-0.2, -0.15) is 13.2 Å². The number of morpholine rings is 1. The summed E-state index contributed by atoms with van der Waals surface area (Å²) < 4.78 is 50.6.